The van der Waals surface area contributed by atoms with E-state index >= 15 is 0 Å². The Bertz CT molecular complexity index is 282. The summed E-state index contributed by atoms with van der Waals surface area (Å²) in [5.74, 6) is 0. The fraction of sp³-hybridized carbons (Fsp3) is 0.222. The van der Waals surface area contributed by atoms with Crippen LogP contribution in [-0.2, 0) is 0 Å². The van der Waals surface area contributed by atoms with Gasteiger partial charge in [0.1, 0.15) is 0 Å². The standard InChI is InChI=1S/C9H10ClNO.ClH/c1-11(2)8-5-3-7(4-6-8)9(10)12;/h3-6H,1-2H3;1H. The number of halogens is 2. The van der Waals surface area contributed by atoms with Gasteiger partial charge in [-0.2, -0.15) is 0 Å². The molecule has 0 fully saturated rings. The van der Waals surface area contributed by atoms with Gasteiger partial charge in [0, 0.05) is 25.3 Å². The molecular weight excluding hydrogens is 209 g/mol. The number of anilines is 1. The Kier molecular flexibility index (Phi) is 4.81. The maximum absolute atomic E-state index is 10.7. The Labute approximate surface area is 88.9 Å². The van der Waals surface area contributed by atoms with Crippen molar-refractivity contribution in [3.05, 3.63) is 29.8 Å². The summed E-state index contributed by atoms with van der Waals surface area (Å²) in [6, 6.07) is 7.14. The van der Waals surface area contributed by atoms with Crippen molar-refractivity contribution in [2.75, 3.05) is 19.0 Å². The van der Waals surface area contributed by atoms with E-state index in [0.29, 0.717) is 5.56 Å². The van der Waals surface area contributed by atoms with Gasteiger partial charge in [0.2, 0.25) is 0 Å². The first kappa shape index (κ1) is 12.3. The lowest BCUT2D eigenvalue weighted by atomic mass is 10.2. The fourth-order valence-electron chi connectivity index (χ4n) is 0.891. The van der Waals surface area contributed by atoms with E-state index in [4.69, 9.17) is 11.6 Å². The zero-order valence-electron chi connectivity index (χ0n) is 7.45. The largest absolute Gasteiger partial charge is 0.378 e. The van der Waals surface area contributed by atoms with Crippen LogP contribution in [0.2, 0.25) is 0 Å². The molecule has 1 aromatic carbocycles. The quantitative estimate of drug-likeness (QED) is 0.714. The molecule has 0 spiro atoms. The molecule has 13 heavy (non-hydrogen) atoms. The van der Waals surface area contributed by atoms with E-state index in [0.717, 1.165) is 5.69 Å². The van der Waals surface area contributed by atoms with Gasteiger partial charge in [-0.3, -0.25) is 4.79 Å². The average Bonchev–Trinajstić information content (AvgIpc) is 2.04. The maximum atomic E-state index is 10.7. The summed E-state index contributed by atoms with van der Waals surface area (Å²) in [6.45, 7) is 0. The lowest BCUT2D eigenvalue weighted by molar-refractivity contribution is 0.108. The minimum absolute atomic E-state index is 0. The molecule has 0 aliphatic rings. The van der Waals surface area contributed by atoms with Crippen LogP contribution < -0.4 is 4.90 Å². The van der Waals surface area contributed by atoms with E-state index in [1.807, 2.05) is 31.1 Å². The summed E-state index contributed by atoms with van der Waals surface area (Å²) in [5.41, 5.74) is 1.58. The van der Waals surface area contributed by atoms with Crippen molar-refractivity contribution in [1.29, 1.82) is 0 Å². The summed E-state index contributed by atoms with van der Waals surface area (Å²) in [5, 5.41) is -0.416. The molecule has 0 N–H and O–H groups in total. The number of hydrogen-bond donors (Lipinski definition) is 0. The molecule has 0 atom stereocenters. The number of carbonyl (C=O) groups is 1. The third kappa shape index (κ3) is 3.25. The van der Waals surface area contributed by atoms with Gasteiger partial charge < -0.3 is 4.90 Å². The fourth-order valence-corrected chi connectivity index (χ4v) is 1.02. The van der Waals surface area contributed by atoms with Gasteiger partial charge in [-0.1, -0.05) is 0 Å². The molecule has 0 saturated carbocycles. The molecule has 0 aliphatic heterocycles. The molecule has 0 radical (unpaired) electrons. The number of benzene rings is 1. The summed E-state index contributed by atoms with van der Waals surface area (Å²) in [4.78, 5) is 12.6. The lowest BCUT2D eigenvalue weighted by Gasteiger charge is -2.11. The van der Waals surface area contributed by atoms with Crippen LogP contribution in [0.25, 0.3) is 0 Å². The third-order valence-corrected chi connectivity index (χ3v) is 1.83. The van der Waals surface area contributed by atoms with Crippen LogP contribution in [0.5, 0.6) is 0 Å². The smallest absolute Gasteiger partial charge is 0.252 e. The van der Waals surface area contributed by atoms with Gasteiger partial charge >= 0.3 is 0 Å². The van der Waals surface area contributed by atoms with Gasteiger partial charge in [-0.05, 0) is 35.9 Å². The second-order valence-electron chi connectivity index (χ2n) is 2.72. The van der Waals surface area contributed by atoms with Crippen molar-refractivity contribution >= 4 is 34.9 Å². The highest BCUT2D eigenvalue weighted by Crippen LogP contribution is 2.13. The predicted molar refractivity (Wildman–Crippen MR) is 58.2 cm³/mol. The normalized spacial score (nSPS) is 8.85. The molecule has 1 aromatic rings. The van der Waals surface area contributed by atoms with Gasteiger partial charge in [-0.25, -0.2) is 0 Å². The second-order valence-corrected chi connectivity index (χ2v) is 3.06. The molecular formula is C9H11Cl2NO. The molecule has 0 bridgehead atoms. The van der Waals surface area contributed by atoms with Crippen LogP contribution in [0.1, 0.15) is 10.4 Å². The summed E-state index contributed by atoms with van der Waals surface area (Å²) in [7, 11) is 3.88. The number of nitrogens with zero attached hydrogens (tertiary/aromatic N) is 1. The van der Waals surface area contributed by atoms with Crippen LogP contribution in [0.15, 0.2) is 24.3 Å². The van der Waals surface area contributed by atoms with Gasteiger partial charge in [-0.15, -0.1) is 12.4 Å². The van der Waals surface area contributed by atoms with E-state index in [1.165, 1.54) is 0 Å². The molecule has 0 heterocycles. The van der Waals surface area contributed by atoms with Gasteiger partial charge in [0.15, 0.2) is 0 Å². The van der Waals surface area contributed by atoms with Crippen LogP contribution in [0.3, 0.4) is 0 Å². The minimum Gasteiger partial charge on any atom is -0.378 e. The molecule has 0 aliphatic carbocycles. The van der Waals surface area contributed by atoms with Crippen LogP contribution in [-0.4, -0.2) is 19.3 Å². The summed E-state index contributed by atoms with van der Waals surface area (Å²) >= 11 is 5.28. The summed E-state index contributed by atoms with van der Waals surface area (Å²) in [6.07, 6.45) is 0. The molecule has 0 unspecified atom stereocenters. The Morgan fingerprint density at radius 1 is 1.23 bits per heavy atom. The highest BCUT2D eigenvalue weighted by molar-refractivity contribution is 6.67. The lowest BCUT2D eigenvalue weighted by Crippen LogP contribution is -2.08. The van der Waals surface area contributed by atoms with Crippen molar-refractivity contribution in [2.45, 2.75) is 0 Å². The average molecular weight is 220 g/mol. The highest BCUT2D eigenvalue weighted by atomic mass is 35.5. The Morgan fingerprint density at radius 3 is 2.00 bits per heavy atom. The predicted octanol–water partition coefficient (Wildman–Crippen LogP) is 2.55. The number of hydrogen-bond acceptors (Lipinski definition) is 2. The van der Waals surface area contributed by atoms with Crippen molar-refractivity contribution in [3.8, 4) is 0 Å². The van der Waals surface area contributed by atoms with Crippen molar-refractivity contribution in [2.24, 2.45) is 0 Å². The SMILES string of the molecule is CN(C)c1ccc(C(=O)Cl)cc1.Cl. The zero-order valence-corrected chi connectivity index (χ0v) is 9.02. The Hall–Kier alpha value is -0.730. The highest BCUT2D eigenvalue weighted by Gasteiger charge is 2.00. The third-order valence-electron chi connectivity index (χ3n) is 1.61. The number of carbonyl (C=O) groups excluding carboxylic acids is 1. The van der Waals surface area contributed by atoms with E-state index in [2.05, 4.69) is 0 Å². The van der Waals surface area contributed by atoms with E-state index < -0.39 is 5.24 Å². The van der Waals surface area contributed by atoms with Crippen molar-refractivity contribution in [3.63, 3.8) is 0 Å². The van der Waals surface area contributed by atoms with Gasteiger partial charge in [0.25, 0.3) is 5.24 Å². The number of rotatable bonds is 2. The molecule has 0 aromatic heterocycles. The molecule has 0 saturated heterocycles. The first-order valence-corrected chi connectivity index (χ1v) is 3.96. The molecule has 72 valence electrons. The van der Waals surface area contributed by atoms with Crippen LogP contribution >= 0.6 is 24.0 Å². The monoisotopic (exact) mass is 219 g/mol. The second kappa shape index (κ2) is 5.10. The van der Waals surface area contributed by atoms with Crippen molar-refractivity contribution in [1.82, 2.24) is 0 Å². The van der Waals surface area contributed by atoms with E-state index in [9.17, 15) is 4.79 Å². The maximum Gasteiger partial charge on any atom is 0.252 e. The molecule has 1 rings (SSSR count). The Morgan fingerprint density at radius 2 is 1.69 bits per heavy atom. The molecule has 0 amide bonds. The van der Waals surface area contributed by atoms with Gasteiger partial charge in [0.05, 0.1) is 0 Å². The molecule has 4 heteroatoms. The Balaban J connectivity index is 0.00000144. The van der Waals surface area contributed by atoms with E-state index in [-0.39, 0.29) is 12.4 Å². The zero-order chi connectivity index (χ0) is 9.14. The first-order chi connectivity index (χ1) is 5.61. The van der Waals surface area contributed by atoms with Crippen LogP contribution in [0.4, 0.5) is 5.69 Å². The van der Waals surface area contributed by atoms with E-state index in [1.54, 1.807) is 12.1 Å². The van der Waals surface area contributed by atoms with Crippen LogP contribution in [0, 0.1) is 0 Å². The topological polar surface area (TPSA) is 20.3 Å². The first-order valence-electron chi connectivity index (χ1n) is 3.58. The summed E-state index contributed by atoms with van der Waals surface area (Å²) < 4.78 is 0. The minimum atomic E-state index is -0.416. The molecule has 2 nitrogen and oxygen atoms in total. The van der Waals surface area contributed by atoms with Crippen molar-refractivity contribution < 1.29 is 4.79 Å².